The van der Waals surface area contributed by atoms with E-state index in [1.54, 1.807) is 0 Å². The number of fused-ring (bicyclic) bond motifs is 1. The highest BCUT2D eigenvalue weighted by atomic mass is 16.5. The molecular formula is C14H20N2O2. The number of carbonyl (C=O) groups is 1. The molecule has 4 heteroatoms. The van der Waals surface area contributed by atoms with Gasteiger partial charge in [0.25, 0.3) is 0 Å². The molecule has 1 aromatic carbocycles. The molecule has 3 N–H and O–H groups in total. The molecule has 2 rings (SSSR count). The fourth-order valence-corrected chi connectivity index (χ4v) is 1.98. The van der Waals surface area contributed by atoms with Gasteiger partial charge < -0.3 is 15.8 Å². The third kappa shape index (κ3) is 2.82. The van der Waals surface area contributed by atoms with Crippen LogP contribution in [0.1, 0.15) is 37.0 Å². The van der Waals surface area contributed by atoms with Gasteiger partial charge in [0, 0.05) is 12.0 Å². The Kier molecular flexibility index (Phi) is 3.57. The molecule has 1 aromatic rings. The highest BCUT2D eigenvalue weighted by Crippen LogP contribution is 2.33. The molecule has 4 nitrogen and oxygen atoms in total. The molecule has 0 radical (unpaired) electrons. The number of hydrogen-bond donors (Lipinski definition) is 2. The van der Waals surface area contributed by atoms with Crippen LogP contribution in [-0.2, 0) is 0 Å². The van der Waals surface area contributed by atoms with E-state index < -0.39 is 0 Å². The molecule has 0 spiro atoms. The van der Waals surface area contributed by atoms with Gasteiger partial charge >= 0.3 is 0 Å². The maximum absolute atomic E-state index is 11.9. The average molecular weight is 248 g/mol. The van der Waals surface area contributed by atoms with Crippen LogP contribution < -0.4 is 15.8 Å². The van der Waals surface area contributed by atoms with Crippen LogP contribution in [0.4, 0.5) is 5.69 Å². The van der Waals surface area contributed by atoms with Crippen molar-refractivity contribution in [2.75, 3.05) is 18.4 Å². The first-order chi connectivity index (χ1) is 8.52. The van der Waals surface area contributed by atoms with E-state index in [0.717, 1.165) is 30.0 Å². The van der Waals surface area contributed by atoms with Crippen molar-refractivity contribution in [3.05, 3.63) is 23.8 Å². The van der Waals surface area contributed by atoms with Crippen LogP contribution in [0.25, 0.3) is 0 Å². The van der Waals surface area contributed by atoms with Crippen LogP contribution in [0.5, 0.6) is 5.75 Å². The van der Waals surface area contributed by atoms with E-state index in [9.17, 15) is 4.79 Å². The molecule has 0 aromatic heterocycles. The number of carbonyl (C=O) groups excluding carboxylic acids is 1. The van der Waals surface area contributed by atoms with Crippen molar-refractivity contribution >= 4 is 11.5 Å². The molecular weight excluding hydrogens is 228 g/mol. The fraction of sp³-hybridized carbons (Fsp3) is 0.500. The first-order valence-electron chi connectivity index (χ1n) is 6.32. The van der Waals surface area contributed by atoms with E-state index in [1.165, 1.54) is 0 Å². The van der Waals surface area contributed by atoms with E-state index >= 15 is 0 Å². The van der Waals surface area contributed by atoms with Crippen molar-refractivity contribution in [2.45, 2.75) is 32.3 Å². The summed E-state index contributed by atoms with van der Waals surface area (Å²) in [5.41, 5.74) is 6.82. The number of ketones is 1. The molecule has 0 unspecified atom stereocenters. The molecule has 1 heterocycles. The Morgan fingerprint density at radius 2 is 2.28 bits per heavy atom. The molecule has 0 aliphatic carbocycles. The van der Waals surface area contributed by atoms with E-state index in [1.807, 2.05) is 32.0 Å². The number of rotatable bonds is 4. The fourth-order valence-electron chi connectivity index (χ4n) is 1.98. The van der Waals surface area contributed by atoms with Gasteiger partial charge in [-0.3, -0.25) is 4.79 Å². The lowest BCUT2D eigenvalue weighted by molar-refractivity contribution is 0.0980. The second-order valence-corrected chi connectivity index (χ2v) is 5.24. The standard InChI is InChI=1S/C14H20N2O2/c1-14(2)9-16-11-8-10(5-6-13(11)18-14)12(17)4-3-7-15/h5-6,8,16H,3-4,7,9,15H2,1-2H3. The summed E-state index contributed by atoms with van der Waals surface area (Å²) >= 11 is 0. The van der Waals surface area contributed by atoms with Crippen molar-refractivity contribution in [3.8, 4) is 5.75 Å². The highest BCUT2D eigenvalue weighted by Gasteiger charge is 2.26. The van der Waals surface area contributed by atoms with Crippen LogP contribution in [0.3, 0.4) is 0 Å². The predicted molar refractivity (Wildman–Crippen MR) is 72.3 cm³/mol. The molecule has 18 heavy (non-hydrogen) atoms. The summed E-state index contributed by atoms with van der Waals surface area (Å²) in [5.74, 6) is 0.941. The number of anilines is 1. The Balaban J connectivity index is 2.16. The molecule has 98 valence electrons. The minimum absolute atomic E-state index is 0.134. The molecule has 0 amide bonds. The van der Waals surface area contributed by atoms with Crippen molar-refractivity contribution in [2.24, 2.45) is 5.73 Å². The molecule has 0 bridgehead atoms. The molecule has 0 saturated heterocycles. The van der Waals surface area contributed by atoms with Gasteiger partial charge in [-0.05, 0) is 45.0 Å². The maximum Gasteiger partial charge on any atom is 0.163 e. The zero-order valence-corrected chi connectivity index (χ0v) is 11.0. The van der Waals surface area contributed by atoms with Crippen molar-refractivity contribution in [3.63, 3.8) is 0 Å². The second-order valence-electron chi connectivity index (χ2n) is 5.24. The Morgan fingerprint density at radius 1 is 1.50 bits per heavy atom. The third-order valence-corrected chi connectivity index (χ3v) is 3.00. The zero-order chi connectivity index (χ0) is 13.2. The van der Waals surface area contributed by atoms with Crippen LogP contribution in [-0.4, -0.2) is 24.5 Å². The van der Waals surface area contributed by atoms with E-state index in [0.29, 0.717) is 13.0 Å². The summed E-state index contributed by atoms with van der Waals surface area (Å²) in [6.07, 6.45) is 1.23. The molecule has 0 saturated carbocycles. The van der Waals surface area contributed by atoms with Crippen LogP contribution in [0.2, 0.25) is 0 Å². The summed E-state index contributed by atoms with van der Waals surface area (Å²) in [6.45, 7) is 5.35. The lowest BCUT2D eigenvalue weighted by atomic mass is 10.0. The Labute approximate surface area is 108 Å². The second kappa shape index (κ2) is 4.98. The smallest absolute Gasteiger partial charge is 0.163 e. The Hall–Kier alpha value is -1.55. The first-order valence-corrected chi connectivity index (χ1v) is 6.32. The molecule has 1 aliphatic heterocycles. The lowest BCUT2D eigenvalue weighted by Crippen LogP contribution is -2.40. The Morgan fingerprint density at radius 3 is 3.00 bits per heavy atom. The number of hydrogen-bond acceptors (Lipinski definition) is 4. The number of nitrogens with two attached hydrogens (primary N) is 1. The first kappa shape index (κ1) is 12.9. The topological polar surface area (TPSA) is 64.4 Å². The Bertz CT molecular complexity index is 455. The maximum atomic E-state index is 11.9. The number of nitrogens with one attached hydrogen (secondary N) is 1. The summed E-state index contributed by atoms with van der Waals surface area (Å²) in [7, 11) is 0. The van der Waals surface area contributed by atoms with Gasteiger partial charge in [-0.1, -0.05) is 0 Å². The summed E-state index contributed by atoms with van der Waals surface area (Å²) in [5, 5.41) is 3.30. The SMILES string of the molecule is CC1(C)CNc2cc(C(=O)CCCN)ccc2O1. The van der Waals surface area contributed by atoms with Crippen molar-refractivity contribution < 1.29 is 9.53 Å². The number of ether oxygens (including phenoxy) is 1. The van der Waals surface area contributed by atoms with E-state index in [-0.39, 0.29) is 11.4 Å². The monoisotopic (exact) mass is 248 g/mol. The van der Waals surface area contributed by atoms with Gasteiger partial charge in [-0.25, -0.2) is 0 Å². The van der Waals surface area contributed by atoms with Crippen molar-refractivity contribution in [1.29, 1.82) is 0 Å². The summed E-state index contributed by atoms with van der Waals surface area (Å²) in [6, 6.07) is 5.54. The molecule has 0 fully saturated rings. The third-order valence-electron chi connectivity index (χ3n) is 3.00. The molecule has 0 atom stereocenters. The van der Waals surface area contributed by atoms with Crippen LogP contribution >= 0.6 is 0 Å². The van der Waals surface area contributed by atoms with Gasteiger partial charge in [0.15, 0.2) is 5.78 Å². The lowest BCUT2D eigenvalue weighted by Gasteiger charge is -2.33. The summed E-state index contributed by atoms with van der Waals surface area (Å²) in [4.78, 5) is 11.9. The van der Waals surface area contributed by atoms with E-state index in [2.05, 4.69) is 5.32 Å². The van der Waals surface area contributed by atoms with E-state index in [4.69, 9.17) is 10.5 Å². The van der Waals surface area contributed by atoms with Gasteiger partial charge in [-0.15, -0.1) is 0 Å². The molecule has 1 aliphatic rings. The minimum atomic E-state index is -0.210. The highest BCUT2D eigenvalue weighted by molar-refractivity contribution is 5.97. The zero-order valence-electron chi connectivity index (χ0n) is 11.0. The van der Waals surface area contributed by atoms with Crippen LogP contribution in [0, 0.1) is 0 Å². The van der Waals surface area contributed by atoms with Crippen LogP contribution in [0.15, 0.2) is 18.2 Å². The number of benzene rings is 1. The normalized spacial score (nSPS) is 16.4. The van der Waals surface area contributed by atoms with Crippen molar-refractivity contribution in [1.82, 2.24) is 0 Å². The number of Topliss-reactive ketones (excluding diaryl/α,β-unsaturated/α-hetero) is 1. The van der Waals surface area contributed by atoms with Gasteiger partial charge in [0.1, 0.15) is 11.4 Å². The predicted octanol–water partition coefficient (Wildman–Crippen LogP) is 2.19. The quantitative estimate of drug-likeness (QED) is 0.802. The van der Waals surface area contributed by atoms with Gasteiger partial charge in [-0.2, -0.15) is 0 Å². The van der Waals surface area contributed by atoms with Gasteiger partial charge in [0.05, 0.1) is 12.2 Å². The average Bonchev–Trinajstić information content (AvgIpc) is 2.34. The minimum Gasteiger partial charge on any atom is -0.484 e. The summed E-state index contributed by atoms with van der Waals surface area (Å²) < 4.78 is 5.84. The van der Waals surface area contributed by atoms with Gasteiger partial charge in [0.2, 0.25) is 0 Å². The largest absolute Gasteiger partial charge is 0.484 e.